The molecule has 0 saturated heterocycles. The van der Waals surface area contributed by atoms with Crippen LogP contribution in [0.3, 0.4) is 0 Å². The standard InChI is InChI=1S/C13H18O4S/c1-10-8-12(17-7-5-4-6-14)9-11(2)13(10)18(15)16-3/h6,8-9H,4-5,7H2,1-3H3. The van der Waals surface area contributed by atoms with Gasteiger partial charge in [-0.1, -0.05) is 0 Å². The first-order valence-corrected chi connectivity index (χ1v) is 6.81. The lowest BCUT2D eigenvalue weighted by Crippen LogP contribution is -2.03. The van der Waals surface area contributed by atoms with Crippen molar-refractivity contribution in [2.24, 2.45) is 0 Å². The number of aryl methyl sites for hydroxylation is 2. The van der Waals surface area contributed by atoms with Gasteiger partial charge in [0.05, 0.1) is 18.6 Å². The number of aldehydes is 1. The van der Waals surface area contributed by atoms with Crippen LogP contribution in [0, 0.1) is 13.8 Å². The van der Waals surface area contributed by atoms with Crippen LogP contribution in [0.1, 0.15) is 24.0 Å². The van der Waals surface area contributed by atoms with Crippen LogP contribution >= 0.6 is 0 Å². The average molecular weight is 270 g/mol. The van der Waals surface area contributed by atoms with Gasteiger partial charge in [0.2, 0.25) is 0 Å². The first kappa shape index (κ1) is 14.9. The van der Waals surface area contributed by atoms with E-state index in [9.17, 15) is 9.00 Å². The molecule has 0 aromatic heterocycles. The summed E-state index contributed by atoms with van der Waals surface area (Å²) in [5, 5.41) is 0. The van der Waals surface area contributed by atoms with Crippen molar-refractivity contribution in [3.05, 3.63) is 23.3 Å². The van der Waals surface area contributed by atoms with Gasteiger partial charge in [0, 0.05) is 6.42 Å². The van der Waals surface area contributed by atoms with E-state index in [-0.39, 0.29) is 0 Å². The third-order valence-electron chi connectivity index (χ3n) is 2.49. The number of carbonyl (C=O) groups excluding carboxylic acids is 1. The number of unbranched alkanes of at least 4 members (excludes halogenated alkanes) is 1. The molecule has 0 spiro atoms. The van der Waals surface area contributed by atoms with Gasteiger partial charge in [0.25, 0.3) is 0 Å². The molecule has 5 heteroatoms. The van der Waals surface area contributed by atoms with Crippen molar-refractivity contribution in [3.8, 4) is 5.75 Å². The molecule has 1 atom stereocenters. The first-order chi connectivity index (χ1) is 8.60. The van der Waals surface area contributed by atoms with Crippen molar-refractivity contribution >= 4 is 17.4 Å². The summed E-state index contributed by atoms with van der Waals surface area (Å²) in [6.45, 7) is 4.25. The number of benzene rings is 1. The molecule has 1 aromatic rings. The fourth-order valence-electron chi connectivity index (χ4n) is 1.70. The summed E-state index contributed by atoms with van der Waals surface area (Å²) in [5.74, 6) is 0.729. The Morgan fingerprint density at radius 3 is 2.39 bits per heavy atom. The Morgan fingerprint density at radius 2 is 1.89 bits per heavy atom. The third-order valence-corrected chi connectivity index (χ3v) is 3.77. The van der Waals surface area contributed by atoms with Crippen LogP contribution < -0.4 is 4.74 Å². The predicted octanol–water partition coefficient (Wildman–Crippen LogP) is 2.33. The second-order valence-electron chi connectivity index (χ2n) is 3.94. The molecule has 0 radical (unpaired) electrons. The molecule has 1 rings (SSSR count). The summed E-state index contributed by atoms with van der Waals surface area (Å²) in [4.78, 5) is 10.9. The molecule has 0 aliphatic heterocycles. The maximum atomic E-state index is 11.7. The van der Waals surface area contributed by atoms with E-state index in [2.05, 4.69) is 0 Å². The van der Waals surface area contributed by atoms with E-state index in [1.165, 1.54) is 7.11 Å². The van der Waals surface area contributed by atoms with Crippen LogP contribution in [-0.4, -0.2) is 24.2 Å². The molecule has 0 bridgehead atoms. The Labute approximate surface area is 110 Å². The van der Waals surface area contributed by atoms with Crippen molar-refractivity contribution in [2.75, 3.05) is 13.7 Å². The smallest absolute Gasteiger partial charge is 0.189 e. The van der Waals surface area contributed by atoms with Crippen LogP contribution in [0.4, 0.5) is 0 Å². The number of carbonyl (C=O) groups is 1. The first-order valence-electron chi connectivity index (χ1n) is 5.74. The van der Waals surface area contributed by atoms with E-state index in [0.29, 0.717) is 24.3 Å². The minimum atomic E-state index is -1.43. The monoisotopic (exact) mass is 270 g/mol. The molecule has 0 heterocycles. The summed E-state index contributed by atoms with van der Waals surface area (Å²) < 4.78 is 22.1. The minimum Gasteiger partial charge on any atom is -0.494 e. The zero-order valence-corrected chi connectivity index (χ0v) is 11.7. The topological polar surface area (TPSA) is 52.6 Å². The molecular weight excluding hydrogens is 252 g/mol. The van der Waals surface area contributed by atoms with Crippen molar-refractivity contribution in [3.63, 3.8) is 0 Å². The molecule has 0 amide bonds. The Hall–Kier alpha value is -1.20. The Kier molecular flexibility index (Phi) is 6.01. The summed E-state index contributed by atoms with van der Waals surface area (Å²) in [6.07, 6.45) is 2.09. The zero-order chi connectivity index (χ0) is 13.5. The molecule has 18 heavy (non-hydrogen) atoms. The van der Waals surface area contributed by atoms with Gasteiger partial charge < -0.3 is 9.53 Å². The van der Waals surface area contributed by atoms with E-state index >= 15 is 0 Å². The highest BCUT2D eigenvalue weighted by Crippen LogP contribution is 2.25. The second kappa shape index (κ2) is 7.28. The maximum Gasteiger partial charge on any atom is 0.189 e. The number of rotatable bonds is 7. The van der Waals surface area contributed by atoms with Crippen molar-refractivity contribution in [1.82, 2.24) is 0 Å². The second-order valence-corrected chi connectivity index (χ2v) is 5.16. The van der Waals surface area contributed by atoms with Gasteiger partial charge in [-0.3, -0.25) is 4.18 Å². The predicted molar refractivity (Wildman–Crippen MR) is 70.1 cm³/mol. The largest absolute Gasteiger partial charge is 0.494 e. The lowest BCUT2D eigenvalue weighted by atomic mass is 10.1. The van der Waals surface area contributed by atoms with E-state index in [1.54, 1.807) is 0 Å². The molecule has 0 fully saturated rings. The van der Waals surface area contributed by atoms with Crippen LogP contribution in [0.2, 0.25) is 0 Å². The van der Waals surface area contributed by atoms with Crippen LogP contribution in [0.5, 0.6) is 5.75 Å². The van der Waals surface area contributed by atoms with Gasteiger partial charge in [-0.25, -0.2) is 4.21 Å². The maximum absolute atomic E-state index is 11.7. The Bertz CT molecular complexity index is 420. The number of ether oxygens (including phenoxy) is 1. The SMILES string of the molecule is COS(=O)c1c(C)cc(OCCCC=O)cc1C. The molecular formula is C13H18O4S. The summed E-state index contributed by atoms with van der Waals surface area (Å²) in [7, 11) is 1.42. The van der Waals surface area contributed by atoms with Gasteiger partial charge in [0.15, 0.2) is 11.1 Å². The van der Waals surface area contributed by atoms with Gasteiger partial charge in [-0.15, -0.1) is 0 Å². The number of hydrogen-bond acceptors (Lipinski definition) is 4. The molecule has 0 aliphatic carbocycles. The zero-order valence-electron chi connectivity index (χ0n) is 10.9. The van der Waals surface area contributed by atoms with Gasteiger partial charge in [-0.05, 0) is 43.5 Å². The van der Waals surface area contributed by atoms with Crippen LogP contribution in [0.25, 0.3) is 0 Å². The molecule has 0 saturated carbocycles. The molecule has 0 N–H and O–H groups in total. The molecule has 1 unspecified atom stereocenters. The summed E-state index contributed by atoms with van der Waals surface area (Å²) in [6, 6.07) is 3.67. The number of hydrogen-bond donors (Lipinski definition) is 0. The minimum absolute atomic E-state index is 0.504. The average Bonchev–Trinajstić information content (AvgIpc) is 2.33. The molecule has 100 valence electrons. The van der Waals surface area contributed by atoms with Crippen molar-refractivity contribution in [1.29, 1.82) is 0 Å². The van der Waals surface area contributed by atoms with E-state index in [1.807, 2.05) is 26.0 Å². The molecule has 4 nitrogen and oxygen atoms in total. The molecule has 0 aliphatic rings. The van der Waals surface area contributed by atoms with Crippen LogP contribution in [-0.2, 0) is 20.1 Å². The fourth-order valence-corrected chi connectivity index (χ4v) is 2.51. The van der Waals surface area contributed by atoms with Crippen molar-refractivity contribution < 1.29 is 17.9 Å². The summed E-state index contributed by atoms with van der Waals surface area (Å²) >= 11 is -1.43. The van der Waals surface area contributed by atoms with Crippen molar-refractivity contribution in [2.45, 2.75) is 31.6 Å². The van der Waals surface area contributed by atoms with Gasteiger partial charge >= 0.3 is 0 Å². The Balaban J connectivity index is 2.79. The quantitative estimate of drug-likeness (QED) is 0.563. The van der Waals surface area contributed by atoms with Crippen LogP contribution in [0.15, 0.2) is 17.0 Å². The van der Waals surface area contributed by atoms with Gasteiger partial charge in [-0.2, -0.15) is 0 Å². The highest BCUT2D eigenvalue weighted by Gasteiger charge is 2.12. The van der Waals surface area contributed by atoms with E-state index in [4.69, 9.17) is 8.92 Å². The fraction of sp³-hybridized carbons (Fsp3) is 0.462. The van der Waals surface area contributed by atoms with E-state index < -0.39 is 11.1 Å². The van der Waals surface area contributed by atoms with E-state index in [0.717, 1.165) is 23.2 Å². The normalized spacial score (nSPS) is 12.2. The highest BCUT2D eigenvalue weighted by atomic mass is 32.2. The van der Waals surface area contributed by atoms with Gasteiger partial charge in [0.1, 0.15) is 12.0 Å². The highest BCUT2D eigenvalue weighted by molar-refractivity contribution is 7.80. The lowest BCUT2D eigenvalue weighted by Gasteiger charge is -2.11. The molecule has 1 aromatic carbocycles. The summed E-state index contributed by atoms with van der Waals surface area (Å²) in [5.41, 5.74) is 1.75. The third kappa shape index (κ3) is 3.92. The lowest BCUT2D eigenvalue weighted by molar-refractivity contribution is -0.108. The Morgan fingerprint density at radius 1 is 1.28 bits per heavy atom.